The summed E-state index contributed by atoms with van der Waals surface area (Å²) in [5, 5.41) is 1.05. The number of amides is 1. The van der Waals surface area contributed by atoms with Crippen molar-refractivity contribution in [1.82, 2.24) is 9.97 Å². The average Bonchev–Trinajstić information content (AvgIpc) is 3.24. The molecule has 1 amide bonds. The number of hydrogen-bond acceptors (Lipinski definition) is 6. The Kier molecular flexibility index (Phi) is 6.83. The molecule has 9 heteroatoms. The van der Waals surface area contributed by atoms with Crippen molar-refractivity contribution in [2.75, 3.05) is 10.7 Å². The Bertz CT molecular complexity index is 1330. The summed E-state index contributed by atoms with van der Waals surface area (Å²) in [5.74, 6) is -0.294. The van der Waals surface area contributed by atoms with Crippen molar-refractivity contribution in [3.63, 3.8) is 0 Å². The SMILES string of the molecule is O=C(CCCS(=O)(=O)c1ccccc1)N(Cc1ccncc1)c1nc2c(Cl)cccc2s1. The van der Waals surface area contributed by atoms with Gasteiger partial charge in [0.1, 0.15) is 5.52 Å². The van der Waals surface area contributed by atoms with Crippen molar-refractivity contribution in [3.05, 3.63) is 83.6 Å². The lowest BCUT2D eigenvalue weighted by molar-refractivity contribution is -0.118. The maximum Gasteiger partial charge on any atom is 0.229 e. The molecule has 0 radical (unpaired) electrons. The number of aromatic nitrogens is 2. The van der Waals surface area contributed by atoms with Gasteiger partial charge in [-0.2, -0.15) is 0 Å². The minimum atomic E-state index is -3.44. The highest BCUT2D eigenvalue weighted by atomic mass is 35.5. The predicted octanol–water partition coefficient (Wildman–Crippen LogP) is 5.13. The standard InChI is InChI=1S/C23H20ClN3O3S2/c24-19-8-4-9-20-22(19)26-23(31-20)27(16-17-11-13-25-14-12-17)21(28)10-5-15-32(29,30)18-6-2-1-3-7-18/h1-4,6-9,11-14H,5,10,15-16H2. The Morgan fingerprint density at radius 1 is 1.00 bits per heavy atom. The van der Waals surface area contributed by atoms with Gasteiger partial charge in [-0.3, -0.25) is 14.7 Å². The fourth-order valence-corrected chi connectivity index (χ4v) is 5.86. The number of anilines is 1. The first kappa shape index (κ1) is 22.4. The molecule has 0 unspecified atom stereocenters. The van der Waals surface area contributed by atoms with Crippen molar-refractivity contribution >= 4 is 54.0 Å². The molecule has 0 fully saturated rings. The Hall–Kier alpha value is -2.81. The number of carbonyl (C=O) groups excluding carboxylic acids is 1. The van der Waals surface area contributed by atoms with Crippen LogP contribution in [0, 0.1) is 0 Å². The number of sulfone groups is 1. The molecule has 4 aromatic rings. The van der Waals surface area contributed by atoms with Crippen LogP contribution in [0.15, 0.2) is 78.0 Å². The molecule has 2 aromatic carbocycles. The fraction of sp³-hybridized carbons (Fsp3) is 0.174. The molecule has 0 N–H and O–H groups in total. The van der Waals surface area contributed by atoms with Crippen molar-refractivity contribution in [3.8, 4) is 0 Å². The zero-order valence-electron chi connectivity index (χ0n) is 17.0. The summed E-state index contributed by atoms with van der Waals surface area (Å²) in [5.41, 5.74) is 1.55. The Morgan fingerprint density at radius 2 is 1.75 bits per heavy atom. The first-order valence-electron chi connectivity index (χ1n) is 9.96. The molecule has 0 saturated heterocycles. The number of benzene rings is 2. The average molecular weight is 486 g/mol. The van der Waals surface area contributed by atoms with Crippen LogP contribution in [0.2, 0.25) is 5.02 Å². The van der Waals surface area contributed by atoms with E-state index in [-0.39, 0.29) is 29.4 Å². The molecule has 0 aliphatic heterocycles. The second kappa shape index (κ2) is 9.77. The van der Waals surface area contributed by atoms with E-state index >= 15 is 0 Å². The molecule has 6 nitrogen and oxygen atoms in total. The van der Waals surface area contributed by atoms with E-state index < -0.39 is 9.84 Å². The number of hydrogen-bond donors (Lipinski definition) is 0. The zero-order chi connectivity index (χ0) is 22.6. The summed E-state index contributed by atoms with van der Waals surface area (Å²) in [6, 6.07) is 17.5. The fourth-order valence-electron chi connectivity index (χ4n) is 3.25. The molecule has 2 aromatic heterocycles. The van der Waals surface area contributed by atoms with Gasteiger partial charge in [0.05, 0.1) is 26.9 Å². The minimum absolute atomic E-state index is 0.0841. The quantitative estimate of drug-likeness (QED) is 0.345. The van der Waals surface area contributed by atoms with E-state index in [1.807, 2.05) is 24.3 Å². The predicted molar refractivity (Wildman–Crippen MR) is 128 cm³/mol. The third kappa shape index (κ3) is 5.15. The minimum Gasteiger partial charge on any atom is -0.284 e. The number of halogens is 1. The van der Waals surface area contributed by atoms with Crippen LogP contribution in [0.4, 0.5) is 5.13 Å². The largest absolute Gasteiger partial charge is 0.284 e. The van der Waals surface area contributed by atoms with Crippen LogP contribution in [0.5, 0.6) is 0 Å². The van der Waals surface area contributed by atoms with E-state index in [1.54, 1.807) is 53.7 Å². The number of fused-ring (bicyclic) bond motifs is 1. The normalized spacial score (nSPS) is 11.5. The van der Waals surface area contributed by atoms with Crippen molar-refractivity contribution < 1.29 is 13.2 Å². The second-order valence-electron chi connectivity index (χ2n) is 7.15. The van der Waals surface area contributed by atoms with Gasteiger partial charge in [0.25, 0.3) is 0 Å². The molecular formula is C23H20ClN3O3S2. The van der Waals surface area contributed by atoms with E-state index in [4.69, 9.17) is 11.6 Å². The van der Waals surface area contributed by atoms with E-state index in [9.17, 15) is 13.2 Å². The van der Waals surface area contributed by atoms with Crippen LogP contribution in [0.3, 0.4) is 0 Å². The molecule has 164 valence electrons. The van der Waals surface area contributed by atoms with Gasteiger partial charge < -0.3 is 0 Å². The van der Waals surface area contributed by atoms with Crippen LogP contribution in [0.1, 0.15) is 18.4 Å². The summed E-state index contributed by atoms with van der Waals surface area (Å²) in [4.78, 5) is 23.6. The van der Waals surface area contributed by atoms with E-state index in [2.05, 4.69) is 9.97 Å². The van der Waals surface area contributed by atoms with Gasteiger partial charge in [0, 0.05) is 18.8 Å². The van der Waals surface area contributed by atoms with E-state index in [1.165, 1.54) is 11.3 Å². The second-order valence-corrected chi connectivity index (χ2v) is 10.7. The van der Waals surface area contributed by atoms with Crippen molar-refractivity contribution in [2.24, 2.45) is 0 Å². The monoisotopic (exact) mass is 485 g/mol. The maximum absolute atomic E-state index is 13.2. The number of carbonyl (C=O) groups is 1. The van der Waals surface area contributed by atoms with Gasteiger partial charge in [-0.05, 0) is 48.4 Å². The first-order valence-corrected chi connectivity index (χ1v) is 12.8. The highest BCUT2D eigenvalue weighted by Crippen LogP contribution is 2.33. The Labute approximate surface area is 195 Å². The van der Waals surface area contributed by atoms with Crippen molar-refractivity contribution in [1.29, 1.82) is 0 Å². The summed E-state index contributed by atoms with van der Waals surface area (Å²) in [7, 11) is -3.44. The molecule has 32 heavy (non-hydrogen) atoms. The number of nitrogens with zero attached hydrogens (tertiary/aromatic N) is 3. The van der Waals surface area contributed by atoms with Crippen LogP contribution in [0.25, 0.3) is 10.2 Å². The lowest BCUT2D eigenvalue weighted by Gasteiger charge is -2.20. The molecule has 0 bridgehead atoms. The van der Waals surface area contributed by atoms with Gasteiger partial charge in [0.2, 0.25) is 5.91 Å². The number of pyridine rings is 1. The van der Waals surface area contributed by atoms with E-state index in [0.29, 0.717) is 22.2 Å². The lowest BCUT2D eigenvalue weighted by atomic mass is 10.2. The van der Waals surface area contributed by atoms with Crippen LogP contribution < -0.4 is 4.90 Å². The summed E-state index contributed by atoms with van der Waals surface area (Å²) in [6.07, 6.45) is 3.63. The smallest absolute Gasteiger partial charge is 0.229 e. The molecule has 0 spiro atoms. The van der Waals surface area contributed by atoms with Crippen LogP contribution in [-0.2, 0) is 21.2 Å². The summed E-state index contributed by atoms with van der Waals surface area (Å²) < 4.78 is 26.0. The Balaban J connectivity index is 1.54. The van der Waals surface area contributed by atoms with Gasteiger partial charge in [-0.15, -0.1) is 0 Å². The highest BCUT2D eigenvalue weighted by molar-refractivity contribution is 7.91. The van der Waals surface area contributed by atoms with E-state index in [0.717, 1.165) is 10.3 Å². The molecule has 0 aliphatic rings. The zero-order valence-corrected chi connectivity index (χ0v) is 19.4. The third-order valence-electron chi connectivity index (χ3n) is 4.89. The Morgan fingerprint density at radius 3 is 2.47 bits per heavy atom. The molecule has 4 rings (SSSR count). The molecule has 0 atom stereocenters. The van der Waals surface area contributed by atoms with Crippen LogP contribution in [-0.4, -0.2) is 30.0 Å². The molecule has 0 saturated carbocycles. The molecular weight excluding hydrogens is 466 g/mol. The number of thiazole rings is 1. The van der Waals surface area contributed by atoms with Crippen LogP contribution >= 0.6 is 22.9 Å². The van der Waals surface area contributed by atoms with Gasteiger partial charge in [-0.1, -0.05) is 47.2 Å². The van der Waals surface area contributed by atoms with Gasteiger partial charge >= 0.3 is 0 Å². The molecule has 0 aliphatic carbocycles. The number of para-hydroxylation sites is 1. The van der Waals surface area contributed by atoms with Gasteiger partial charge in [-0.25, -0.2) is 13.4 Å². The number of rotatable bonds is 8. The third-order valence-corrected chi connectivity index (χ3v) is 8.05. The summed E-state index contributed by atoms with van der Waals surface area (Å²) in [6.45, 7) is 0.310. The molecule has 2 heterocycles. The highest BCUT2D eigenvalue weighted by Gasteiger charge is 2.22. The summed E-state index contributed by atoms with van der Waals surface area (Å²) >= 11 is 7.65. The lowest BCUT2D eigenvalue weighted by Crippen LogP contribution is -2.30. The topological polar surface area (TPSA) is 80.2 Å². The van der Waals surface area contributed by atoms with Crippen molar-refractivity contribution in [2.45, 2.75) is 24.3 Å². The first-order chi connectivity index (χ1) is 15.4. The van der Waals surface area contributed by atoms with Gasteiger partial charge in [0.15, 0.2) is 15.0 Å². The maximum atomic E-state index is 13.2.